The molecule has 3 rings (SSSR count). The van der Waals surface area contributed by atoms with Gasteiger partial charge in [-0.05, 0) is 25.0 Å². The van der Waals surface area contributed by atoms with E-state index in [0.717, 1.165) is 5.69 Å². The van der Waals surface area contributed by atoms with E-state index in [2.05, 4.69) is 16.9 Å². The third-order valence-corrected chi connectivity index (χ3v) is 4.18. The molecule has 0 aliphatic heterocycles. The Bertz CT molecular complexity index is 629. The molecule has 0 bridgehead atoms. The molecule has 2 aromatic heterocycles. The first-order chi connectivity index (χ1) is 9.65. The molecule has 1 saturated carbocycles. The van der Waals surface area contributed by atoms with E-state index in [-0.39, 0.29) is 5.69 Å². The van der Waals surface area contributed by atoms with Crippen LogP contribution in [-0.4, -0.2) is 33.6 Å². The molecule has 2 heterocycles. The van der Waals surface area contributed by atoms with Gasteiger partial charge in [-0.2, -0.15) is 0 Å². The first-order valence-electron chi connectivity index (χ1n) is 7.10. The summed E-state index contributed by atoms with van der Waals surface area (Å²) >= 11 is 0. The molecule has 106 valence electrons. The molecule has 0 aromatic carbocycles. The van der Waals surface area contributed by atoms with Gasteiger partial charge in [0.05, 0.1) is 5.69 Å². The third-order valence-electron chi connectivity index (χ3n) is 4.18. The number of carboxylic acids is 1. The number of fused-ring (bicyclic) bond motifs is 1. The number of aromatic carboxylic acids is 1. The number of carboxylic acid groups (broad SMARTS) is 1. The van der Waals surface area contributed by atoms with Gasteiger partial charge in [0.25, 0.3) is 0 Å². The fourth-order valence-electron chi connectivity index (χ4n) is 2.97. The Morgan fingerprint density at radius 1 is 1.30 bits per heavy atom. The molecular weight excluding hydrogens is 254 g/mol. The highest BCUT2D eigenvalue weighted by molar-refractivity contribution is 5.86. The minimum Gasteiger partial charge on any atom is -0.476 e. The number of anilines is 1. The lowest BCUT2D eigenvalue weighted by Gasteiger charge is -2.32. The van der Waals surface area contributed by atoms with E-state index >= 15 is 0 Å². The van der Waals surface area contributed by atoms with Crippen molar-refractivity contribution in [2.24, 2.45) is 0 Å². The summed E-state index contributed by atoms with van der Waals surface area (Å²) in [5, 5.41) is 8.98. The molecule has 0 unspecified atom stereocenters. The average Bonchev–Trinajstić information content (AvgIpc) is 2.90. The third kappa shape index (κ3) is 2.35. The van der Waals surface area contributed by atoms with Crippen LogP contribution in [0.1, 0.15) is 42.6 Å². The van der Waals surface area contributed by atoms with Crippen molar-refractivity contribution in [2.75, 3.05) is 11.9 Å². The van der Waals surface area contributed by atoms with E-state index in [9.17, 15) is 4.79 Å². The highest BCUT2D eigenvalue weighted by Gasteiger charge is 2.19. The summed E-state index contributed by atoms with van der Waals surface area (Å²) in [5.74, 6) is -0.990. The maximum atomic E-state index is 11.0. The minimum atomic E-state index is -0.990. The maximum absolute atomic E-state index is 11.0. The van der Waals surface area contributed by atoms with Crippen molar-refractivity contribution in [3.63, 3.8) is 0 Å². The molecule has 1 fully saturated rings. The summed E-state index contributed by atoms with van der Waals surface area (Å²) in [6.07, 6.45) is 9.93. The Labute approximate surface area is 117 Å². The molecule has 1 aliphatic carbocycles. The molecular formula is C15H19N3O2. The average molecular weight is 273 g/mol. The van der Waals surface area contributed by atoms with E-state index in [1.165, 1.54) is 32.1 Å². The Kier molecular flexibility index (Phi) is 3.34. The van der Waals surface area contributed by atoms with E-state index in [4.69, 9.17) is 5.11 Å². The lowest BCUT2D eigenvalue weighted by Crippen LogP contribution is -2.33. The van der Waals surface area contributed by atoms with E-state index < -0.39 is 5.97 Å². The topological polar surface area (TPSA) is 57.8 Å². The van der Waals surface area contributed by atoms with Crippen molar-refractivity contribution in [1.82, 2.24) is 9.38 Å². The van der Waals surface area contributed by atoms with Crippen molar-refractivity contribution in [3.8, 4) is 0 Å². The van der Waals surface area contributed by atoms with E-state index in [1.54, 1.807) is 10.6 Å². The molecule has 20 heavy (non-hydrogen) atoms. The predicted octanol–water partition coefficient (Wildman–Crippen LogP) is 2.80. The molecule has 2 aromatic rings. The molecule has 0 saturated heterocycles. The molecule has 5 nitrogen and oxygen atoms in total. The lowest BCUT2D eigenvalue weighted by molar-refractivity contribution is 0.0691. The van der Waals surface area contributed by atoms with Gasteiger partial charge >= 0.3 is 5.97 Å². The van der Waals surface area contributed by atoms with Crippen LogP contribution >= 0.6 is 0 Å². The van der Waals surface area contributed by atoms with Crippen LogP contribution in [0, 0.1) is 0 Å². The fraction of sp³-hybridized carbons (Fsp3) is 0.467. The zero-order valence-electron chi connectivity index (χ0n) is 11.6. The summed E-state index contributed by atoms with van der Waals surface area (Å²) in [7, 11) is 2.12. The Hall–Kier alpha value is -2.04. The number of hydrogen-bond donors (Lipinski definition) is 1. The monoisotopic (exact) mass is 273 g/mol. The van der Waals surface area contributed by atoms with Gasteiger partial charge < -0.3 is 14.4 Å². The summed E-state index contributed by atoms with van der Waals surface area (Å²) in [6, 6.07) is 4.48. The second kappa shape index (κ2) is 5.15. The van der Waals surface area contributed by atoms with Crippen LogP contribution in [0.15, 0.2) is 24.5 Å². The predicted molar refractivity (Wildman–Crippen MR) is 77.4 cm³/mol. The zero-order chi connectivity index (χ0) is 14.1. The summed E-state index contributed by atoms with van der Waals surface area (Å²) in [4.78, 5) is 17.3. The quantitative estimate of drug-likeness (QED) is 0.934. The van der Waals surface area contributed by atoms with Crippen LogP contribution in [0.5, 0.6) is 0 Å². The van der Waals surface area contributed by atoms with Gasteiger partial charge in [0, 0.05) is 25.5 Å². The van der Waals surface area contributed by atoms with Gasteiger partial charge in [-0.1, -0.05) is 19.3 Å². The first-order valence-corrected chi connectivity index (χ1v) is 7.10. The highest BCUT2D eigenvalue weighted by atomic mass is 16.4. The molecule has 0 amide bonds. The first kappa shape index (κ1) is 13.0. The minimum absolute atomic E-state index is 0.0856. The Morgan fingerprint density at radius 3 is 2.75 bits per heavy atom. The molecule has 1 aliphatic rings. The van der Waals surface area contributed by atoms with Crippen molar-refractivity contribution >= 4 is 17.3 Å². The SMILES string of the molecule is CN(c1ccc2nc(C(=O)O)cn2c1)C1CCCCC1. The van der Waals surface area contributed by atoms with Crippen molar-refractivity contribution < 1.29 is 9.90 Å². The number of aromatic nitrogens is 2. The van der Waals surface area contributed by atoms with Gasteiger partial charge in [-0.15, -0.1) is 0 Å². The number of rotatable bonds is 3. The van der Waals surface area contributed by atoms with Crippen LogP contribution in [0.25, 0.3) is 5.65 Å². The van der Waals surface area contributed by atoms with Crippen molar-refractivity contribution in [1.29, 1.82) is 0 Å². The largest absolute Gasteiger partial charge is 0.476 e. The highest BCUT2D eigenvalue weighted by Crippen LogP contribution is 2.26. The van der Waals surface area contributed by atoms with Crippen molar-refractivity contribution in [3.05, 3.63) is 30.2 Å². The number of nitrogens with zero attached hydrogens (tertiary/aromatic N) is 3. The van der Waals surface area contributed by atoms with Crippen LogP contribution in [0.4, 0.5) is 5.69 Å². The number of carbonyl (C=O) groups is 1. The maximum Gasteiger partial charge on any atom is 0.356 e. The zero-order valence-corrected chi connectivity index (χ0v) is 11.6. The van der Waals surface area contributed by atoms with Crippen molar-refractivity contribution in [2.45, 2.75) is 38.1 Å². The lowest BCUT2D eigenvalue weighted by atomic mass is 9.94. The number of hydrogen-bond acceptors (Lipinski definition) is 3. The van der Waals surface area contributed by atoms with Crippen LogP contribution < -0.4 is 4.90 Å². The molecule has 0 atom stereocenters. The molecule has 1 N–H and O–H groups in total. The van der Waals surface area contributed by atoms with Gasteiger partial charge in [-0.3, -0.25) is 0 Å². The second-order valence-corrected chi connectivity index (χ2v) is 5.49. The number of pyridine rings is 1. The Morgan fingerprint density at radius 2 is 2.05 bits per heavy atom. The van der Waals surface area contributed by atoms with Crippen LogP contribution in [0.3, 0.4) is 0 Å². The second-order valence-electron chi connectivity index (χ2n) is 5.49. The smallest absolute Gasteiger partial charge is 0.356 e. The van der Waals surface area contributed by atoms with Crippen LogP contribution in [0.2, 0.25) is 0 Å². The summed E-state index contributed by atoms with van der Waals surface area (Å²) < 4.78 is 1.79. The van der Waals surface area contributed by atoms with Gasteiger partial charge in [0.15, 0.2) is 5.69 Å². The van der Waals surface area contributed by atoms with Gasteiger partial charge in [0.1, 0.15) is 5.65 Å². The van der Waals surface area contributed by atoms with Crippen LogP contribution in [-0.2, 0) is 0 Å². The summed E-state index contributed by atoms with van der Waals surface area (Å²) in [5.41, 5.74) is 1.87. The number of imidazole rings is 1. The van der Waals surface area contributed by atoms with E-state index in [1.807, 2.05) is 18.3 Å². The Balaban J connectivity index is 1.89. The van der Waals surface area contributed by atoms with E-state index in [0.29, 0.717) is 11.7 Å². The van der Waals surface area contributed by atoms with Gasteiger partial charge in [-0.25, -0.2) is 9.78 Å². The molecule has 0 spiro atoms. The fourth-order valence-corrected chi connectivity index (χ4v) is 2.97. The normalized spacial score (nSPS) is 16.4. The molecule has 0 radical (unpaired) electrons. The van der Waals surface area contributed by atoms with Gasteiger partial charge in [0.2, 0.25) is 0 Å². The summed E-state index contributed by atoms with van der Waals surface area (Å²) in [6.45, 7) is 0. The molecule has 5 heteroatoms. The standard InChI is InChI=1S/C15H19N3O2/c1-17(11-5-3-2-4-6-11)12-7-8-14-16-13(15(19)20)10-18(14)9-12/h7-11H,2-6H2,1H3,(H,19,20).